The summed E-state index contributed by atoms with van der Waals surface area (Å²) in [4.78, 5) is 12.3. The van der Waals surface area contributed by atoms with E-state index in [-0.39, 0.29) is 5.91 Å². The van der Waals surface area contributed by atoms with Crippen molar-refractivity contribution in [2.75, 3.05) is 11.1 Å². The third kappa shape index (κ3) is 2.45. The number of nitrogen functional groups attached to an aromatic ring is 1. The summed E-state index contributed by atoms with van der Waals surface area (Å²) < 4.78 is 1.70. The van der Waals surface area contributed by atoms with Crippen LogP contribution in [-0.2, 0) is 7.05 Å². The molecular formula is C14H18N4O. The highest BCUT2D eigenvalue weighted by Crippen LogP contribution is 2.21. The van der Waals surface area contributed by atoms with E-state index < -0.39 is 0 Å². The number of nitrogens with one attached hydrogen (secondary N) is 1. The van der Waals surface area contributed by atoms with Crippen LogP contribution in [-0.4, -0.2) is 15.7 Å². The van der Waals surface area contributed by atoms with E-state index in [0.29, 0.717) is 22.6 Å². The highest BCUT2D eigenvalue weighted by molar-refractivity contribution is 6.07. The van der Waals surface area contributed by atoms with Crippen LogP contribution in [0.3, 0.4) is 0 Å². The number of carbonyl (C=O) groups is 1. The van der Waals surface area contributed by atoms with Gasteiger partial charge in [0.05, 0.1) is 22.6 Å². The van der Waals surface area contributed by atoms with E-state index in [1.165, 1.54) is 0 Å². The van der Waals surface area contributed by atoms with E-state index in [1.54, 1.807) is 4.68 Å². The summed E-state index contributed by atoms with van der Waals surface area (Å²) in [6.07, 6.45) is 0. The molecule has 1 amide bonds. The van der Waals surface area contributed by atoms with Gasteiger partial charge in [-0.2, -0.15) is 5.10 Å². The van der Waals surface area contributed by atoms with E-state index in [0.717, 1.165) is 11.3 Å². The van der Waals surface area contributed by atoms with Crippen molar-refractivity contribution in [3.63, 3.8) is 0 Å². The summed E-state index contributed by atoms with van der Waals surface area (Å²) in [5.74, 6) is -0.182. The number of aryl methyl sites for hydroxylation is 3. The second-order valence-electron chi connectivity index (χ2n) is 4.71. The third-order valence-electron chi connectivity index (χ3n) is 3.19. The number of amides is 1. The molecule has 1 aromatic carbocycles. The first-order valence-electron chi connectivity index (χ1n) is 6.08. The predicted molar refractivity (Wildman–Crippen MR) is 76.2 cm³/mol. The lowest BCUT2D eigenvalue weighted by Gasteiger charge is -2.09. The van der Waals surface area contributed by atoms with Crippen molar-refractivity contribution in [1.29, 1.82) is 0 Å². The molecule has 100 valence electrons. The van der Waals surface area contributed by atoms with Gasteiger partial charge in [-0.05, 0) is 38.5 Å². The molecule has 0 unspecified atom stereocenters. The molecule has 0 aliphatic heterocycles. The topological polar surface area (TPSA) is 72.9 Å². The number of hydrogen-bond donors (Lipinski definition) is 2. The van der Waals surface area contributed by atoms with E-state index >= 15 is 0 Å². The molecule has 5 heteroatoms. The monoisotopic (exact) mass is 258 g/mol. The first-order chi connectivity index (χ1) is 8.90. The number of rotatable bonds is 2. The molecule has 0 radical (unpaired) electrons. The largest absolute Gasteiger partial charge is 0.397 e. The number of aromatic nitrogens is 2. The maximum atomic E-state index is 12.3. The van der Waals surface area contributed by atoms with Crippen LogP contribution in [0.5, 0.6) is 0 Å². The molecule has 0 aliphatic rings. The fraction of sp³-hybridized carbons (Fsp3) is 0.286. The van der Waals surface area contributed by atoms with Crippen LogP contribution in [0.1, 0.15) is 27.3 Å². The number of nitrogens with zero attached hydrogens (tertiary/aromatic N) is 2. The van der Waals surface area contributed by atoms with Gasteiger partial charge in [0.25, 0.3) is 5.91 Å². The van der Waals surface area contributed by atoms with Crippen molar-refractivity contribution in [2.45, 2.75) is 20.8 Å². The molecule has 0 aliphatic carbocycles. The molecule has 3 N–H and O–H groups in total. The first-order valence-corrected chi connectivity index (χ1v) is 6.08. The summed E-state index contributed by atoms with van der Waals surface area (Å²) in [5.41, 5.74) is 10.3. The fourth-order valence-electron chi connectivity index (χ4n) is 2.08. The predicted octanol–water partition coefficient (Wildman–Crippen LogP) is 2.18. The summed E-state index contributed by atoms with van der Waals surface area (Å²) in [6.45, 7) is 5.64. The molecule has 1 heterocycles. The molecule has 0 fully saturated rings. The van der Waals surface area contributed by atoms with Crippen LogP contribution in [0.2, 0.25) is 0 Å². The zero-order chi connectivity index (χ0) is 14.2. The van der Waals surface area contributed by atoms with Gasteiger partial charge < -0.3 is 11.1 Å². The van der Waals surface area contributed by atoms with Gasteiger partial charge in [-0.3, -0.25) is 9.48 Å². The van der Waals surface area contributed by atoms with Crippen molar-refractivity contribution >= 4 is 17.3 Å². The molecule has 0 saturated heterocycles. The average Bonchev–Trinajstić information content (AvgIpc) is 2.57. The minimum absolute atomic E-state index is 0.182. The molecule has 0 spiro atoms. The second-order valence-corrected chi connectivity index (χ2v) is 4.71. The Labute approximate surface area is 112 Å². The maximum Gasteiger partial charge on any atom is 0.259 e. The van der Waals surface area contributed by atoms with Crippen molar-refractivity contribution < 1.29 is 4.79 Å². The minimum Gasteiger partial charge on any atom is -0.397 e. The molecule has 0 atom stereocenters. The smallest absolute Gasteiger partial charge is 0.259 e. The van der Waals surface area contributed by atoms with Crippen LogP contribution in [0.15, 0.2) is 18.2 Å². The molecule has 0 bridgehead atoms. The van der Waals surface area contributed by atoms with Gasteiger partial charge in [-0.15, -0.1) is 0 Å². The SMILES string of the molecule is Cc1ccc(NC(=O)c2c(C)nn(C)c2C)c(N)c1. The quantitative estimate of drug-likeness (QED) is 0.811. The maximum absolute atomic E-state index is 12.3. The Hall–Kier alpha value is -2.30. The van der Waals surface area contributed by atoms with Crippen molar-refractivity contribution in [2.24, 2.45) is 7.05 Å². The molecule has 19 heavy (non-hydrogen) atoms. The summed E-state index contributed by atoms with van der Waals surface area (Å²) in [5, 5.41) is 7.07. The summed E-state index contributed by atoms with van der Waals surface area (Å²) >= 11 is 0. The lowest BCUT2D eigenvalue weighted by atomic mass is 10.1. The van der Waals surface area contributed by atoms with E-state index in [1.807, 2.05) is 46.0 Å². The van der Waals surface area contributed by atoms with E-state index in [2.05, 4.69) is 10.4 Å². The van der Waals surface area contributed by atoms with Gasteiger partial charge in [-0.1, -0.05) is 6.07 Å². The van der Waals surface area contributed by atoms with E-state index in [9.17, 15) is 4.79 Å². The van der Waals surface area contributed by atoms with Crippen molar-refractivity contribution in [3.05, 3.63) is 40.7 Å². The average molecular weight is 258 g/mol. The van der Waals surface area contributed by atoms with Crippen LogP contribution < -0.4 is 11.1 Å². The standard InChI is InChI=1S/C14H18N4O/c1-8-5-6-12(11(15)7-8)16-14(19)13-9(2)17-18(4)10(13)3/h5-7H,15H2,1-4H3,(H,16,19). The zero-order valence-corrected chi connectivity index (χ0v) is 11.6. The number of carbonyl (C=O) groups excluding carboxylic acids is 1. The number of benzene rings is 1. The van der Waals surface area contributed by atoms with Crippen LogP contribution in [0.25, 0.3) is 0 Å². The molecular weight excluding hydrogens is 240 g/mol. The van der Waals surface area contributed by atoms with Crippen molar-refractivity contribution in [1.82, 2.24) is 9.78 Å². The van der Waals surface area contributed by atoms with Gasteiger partial charge >= 0.3 is 0 Å². The fourth-order valence-corrected chi connectivity index (χ4v) is 2.08. The third-order valence-corrected chi connectivity index (χ3v) is 3.19. The van der Waals surface area contributed by atoms with Crippen LogP contribution in [0, 0.1) is 20.8 Å². The molecule has 5 nitrogen and oxygen atoms in total. The molecule has 1 aromatic heterocycles. The zero-order valence-electron chi connectivity index (χ0n) is 11.6. The summed E-state index contributed by atoms with van der Waals surface area (Å²) in [7, 11) is 1.82. The minimum atomic E-state index is -0.182. The lowest BCUT2D eigenvalue weighted by Crippen LogP contribution is -2.15. The second kappa shape index (κ2) is 4.76. The normalized spacial score (nSPS) is 10.5. The van der Waals surface area contributed by atoms with Crippen LogP contribution in [0.4, 0.5) is 11.4 Å². The van der Waals surface area contributed by atoms with Gasteiger partial charge in [0, 0.05) is 12.7 Å². The molecule has 2 rings (SSSR count). The first kappa shape index (κ1) is 13.1. The Balaban J connectivity index is 2.31. The lowest BCUT2D eigenvalue weighted by molar-refractivity contribution is 0.102. The Kier molecular flexibility index (Phi) is 3.29. The van der Waals surface area contributed by atoms with Crippen LogP contribution >= 0.6 is 0 Å². The Bertz CT molecular complexity index is 643. The highest BCUT2D eigenvalue weighted by atomic mass is 16.1. The van der Waals surface area contributed by atoms with Crippen molar-refractivity contribution in [3.8, 4) is 0 Å². The Morgan fingerprint density at radius 1 is 1.32 bits per heavy atom. The van der Waals surface area contributed by atoms with Gasteiger partial charge in [0.1, 0.15) is 0 Å². The Morgan fingerprint density at radius 3 is 2.53 bits per heavy atom. The van der Waals surface area contributed by atoms with Gasteiger partial charge in [0.15, 0.2) is 0 Å². The van der Waals surface area contributed by atoms with Gasteiger partial charge in [-0.25, -0.2) is 0 Å². The summed E-state index contributed by atoms with van der Waals surface area (Å²) in [6, 6.07) is 5.55. The number of anilines is 2. The Morgan fingerprint density at radius 2 is 2.00 bits per heavy atom. The highest BCUT2D eigenvalue weighted by Gasteiger charge is 2.17. The van der Waals surface area contributed by atoms with Gasteiger partial charge in [0.2, 0.25) is 0 Å². The molecule has 0 saturated carbocycles. The molecule has 2 aromatic rings. The van der Waals surface area contributed by atoms with E-state index in [4.69, 9.17) is 5.73 Å². The number of hydrogen-bond acceptors (Lipinski definition) is 3. The number of nitrogens with two attached hydrogens (primary N) is 1.